The van der Waals surface area contributed by atoms with E-state index >= 15 is 0 Å². The number of rotatable bonds is 8. The maximum atomic E-state index is 5.57. The van der Waals surface area contributed by atoms with Crippen molar-refractivity contribution in [3.05, 3.63) is 59.7 Å². The van der Waals surface area contributed by atoms with Gasteiger partial charge in [0.15, 0.2) is 17.5 Å². The number of methoxy groups -OCH3 is 2. The van der Waals surface area contributed by atoms with E-state index in [1.54, 1.807) is 21.3 Å². The molecule has 0 bridgehead atoms. The third-order valence-corrected chi connectivity index (χ3v) is 5.62. The van der Waals surface area contributed by atoms with Gasteiger partial charge in [0.2, 0.25) is 0 Å². The number of guanidine groups is 1. The van der Waals surface area contributed by atoms with Crippen LogP contribution in [0, 0.1) is 0 Å². The SMILES string of the molecule is CN=C(NCC(c1ccc(OC)c(OC)c1)N1CCOCC1)NC(C)c1ccccc1. The van der Waals surface area contributed by atoms with E-state index in [1.807, 2.05) is 12.1 Å². The lowest BCUT2D eigenvalue weighted by Gasteiger charge is -2.35. The second kappa shape index (κ2) is 11.6. The molecule has 2 aromatic carbocycles. The average Bonchev–Trinajstić information content (AvgIpc) is 2.84. The summed E-state index contributed by atoms with van der Waals surface area (Å²) in [7, 11) is 5.12. The lowest BCUT2D eigenvalue weighted by Crippen LogP contribution is -2.46. The molecule has 2 N–H and O–H groups in total. The number of hydrogen-bond acceptors (Lipinski definition) is 5. The summed E-state index contributed by atoms with van der Waals surface area (Å²) in [5, 5.41) is 7.00. The Morgan fingerprint density at radius 2 is 1.74 bits per heavy atom. The van der Waals surface area contributed by atoms with Crippen molar-refractivity contribution in [3.8, 4) is 11.5 Å². The molecule has 7 heteroatoms. The Hall–Kier alpha value is -2.77. The Balaban J connectivity index is 1.74. The first-order chi connectivity index (χ1) is 15.2. The first-order valence-electron chi connectivity index (χ1n) is 10.7. The number of hydrogen-bond donors (Lipinski definition) is 2. The summed E-state index contributed by atoms with van der Waals surface area (Å²) in [6, 6.07) is 16.8. The van der Waals surface area contributed by atoms with Crippen LogP contribution in [0.5, 0.6) is 11.5 Å². The van der Waals surface area contributed by atoms with Crippen LogP contribution in [0.25, 0.3) is 0 Å². The Bertz CT molecular complexity index is 838. The number of ether oxygens (including phenoxy) is 3. The van der Waals surface area contributed by atoms with Crippen molar-refractivity contribution in [2.45, 2.75) is 19.0 Å². The zero-order valence-corrected chi connectivity index (χ0v) is 18.9. The molecule has 0 radical (unpaired) electrons. The fourth-order valence-electron chi connectivity index (χ4n) is 3.83. The Morgan fingerprint density at radius 1 is 1.03 bits per heavy atom. The molecule has 1 fully saturated rings. The molecule has 31 heavy (non-hydrogen) atoms. The Labute approximate surface area is 185 Å². The third kappa shape index (κ3) is 6.12. The van der Waals surface area contributed by atoms with Gasteiger partial charge in [-0.25, -0.2) is 0 Å². The van der Waals surface area contributed by atoms with Crippen LogP contribution in [0.4, 0.5) is 0 Å². The van der Waals surface area contributed by atoms with Gasteiger partial charge >= 0.3 is 0 Å². The molecule has 2 aromatic rings. The number of nitrogens with one attached hydrogen (secondary N) is 2. The number of morpholine rings is 1. The molecule has 1 heterocycles. The van der Waals surface area contributed by atoms with Crippen molar-refractivity contribution in [3.63, 3.8) is 0 Å². The second-order valence-electron chi connectivity index (χ2n) is 7.51. The van der Waals surface area contributed by atoms with E-state index in [1.165, 1.54) is 11.1 Å². The summed E-state index contributed by atoms with van der Waals surface area (Å²) in [6.07, 6.45) is 0. The van der Waals surface area contributed by atoms with Crippen molar-refractivity contribution >= 4 is 5.96 Å². The molecule has 0 saturated carbocycles. The maximum Gasteiger partial charge on any atom is 0.191 e. The molecule has 1 saturated heterocycles. The van der Waals surface area contributed by atoms with Crippen LogP contribution >= 0.6 is 0 Å². The molecule has 0 spiro atoms. The smallest absolute Gasteiger partial charge is 0.191 e. The minimum Gasteiger partial charge on any atom is -0.493 e. The highest BCUT2D eigenvalue weighted by atomic mass is 16.5. The fourth-order valence-corrected chi connectivity index (χ4v) is 3.83. The monoisotopic (exact) mass is 426 g/mol. The maximum absolute atomic E-state index is 5.57. The summed E-state index contributed by atoms with van der Waals surface area (Å²) in [5.74, 6) is 2.24. The van der Waals surface area contributed by atoms with Gasteiger partial charge in [0, 0.05) is 26.7 Å². The standard InChI is InChI=1S/C24H34N4O3/c1-18(19-8-6-5-7-9-19)27-24(25-2)26-17-21(28-12-14-31-15-13-28)20-10-11-22(29-3)23(16-20)30-4/h5-11,16,18,21H,12-15,17H2,1-4H3,(H2,25,26,27). The van der Waals surface area contributed by atoms with Crippen LogP contribution in [-0.4, -0.2) is 65.0 Å². The van der Waals surface area contributed by atoms with Crippen LogP contribution in [-0.2, 0) is 4.74 Å². The van der Waals surface area contributed by atoms with Crippen molar-refractivity contribution in [2.75, 3.05) is 54.1 Å². The Kier molecular flexibility index (Phi) is 8.55. The minimum atomic E-state index is 0.147. The topological polar surface area (TPSA) is 67.4 Å². The molecule has 0 amide bonds. The average molecular weight is 427 g/mol. The first kappa shape index (κ1) is 22.9. The fraction of sp³-hybridized carbons (Fsp3) is 0.458. The van der Waals surface area contributed by atoms with Crippen molar-refractivity contribution in [1.82, 2.24) is 15.5 Å². The van der Waals surface area contributed by atoms with Gasteiger partial charge in [-0.1, -0.05) is 36.4 Å². The van der Waals surface area contributed by atoms with E-state index in [-0.39, 0.29) is 12.1 Å². The molecule has 168 valence electrons. The van der Waals surface area contributed by atoms with Crippen LogP contribution in [0.3, 0.4) is 0 Å². The zero-order valence-electron chi connectivity index (χ0n) is 18.9. The summed E-state index contributed by atoms with van der Waals surface area (Å²) in [4.78, 5) is 6.87. The molecule has 2 atom stereocenters. The van der Waals surface area contributed by atoms with Crippen LogP contribution in [0.1, 0.15) is 30.1 Å². The van der Waals surface area contributed by atoms with Crippen LogP contribution < -0.4 is 20.1 Å². The quantitative estimate of drug-likeness (QED) is 0.500. The van der Waals surface area contributed by atoms with E-state index in [2.05, 4.69) is 63.8 Å². The van der Waals surface area contributed by atoms with Gasteiger partial charge < -0.3 is 24.8 Å². The third-order valence-electron chi connectivity index (χ3n) is 5.62. The normalized spacial score (nSPS) is 17.0. The summed E-state index contributed by atoms with van der Waals surface area (Å²) < 4.78 is 16.5. The summed E-state index contributed by atoms with van der Waals surface area (Å²) in [6.45, 7) is 6.08. The van der Waals surface area contributed by atoms with Gasteiger partial charge in [0.1, 0.15) is 0 Å². The molecule has 1 aliphatic heterocycles. The molecular formula is C24H34N4O3. The zero-order chi connectivity index (χ0) is 22.1. The molecular weight excluding hydrogens is 392 g/mol. The number of nitrogens with zero attached hydrogens (tertiary/aromatic N) is 2. The number of aliphatic imine (C=N–C) groups is 1. The lowest BCUT2D eigenvalue weighted by molar-refractivity contribution is 0.0169. The predicted octanol–water partition coefficient (Wildman–Crippen LogP) is 3.00. The van der Waals surface area contributed by atoms with Crippen molar-refractivity contribution in [1.29, 1.82) is 0 Å². The molecule has 3 rings (SSSR count). The van der Waals surface area contributed by atoms with Gasteiger partial charge in [-0.2, -0.15) is 0 Å². The van der Waals surface area contributed by atoms with Gasteiger partial charge in [0.25, 0.3) is 0 Å². The van der Waals surface area contributed by atoms with Crippen molar-refractivity contribution in [2.24, 2.45) is 4.99 Å². The van der Waals surface area contributed by atoms with Gasteiger partial charge in [-0.05, 0) is 30.2 Å². The molecule has 7 nitrogen and oxygen atoms in total. The molecule has 1 aliphatic rings. The van der Waals surface area contributed by atoms with E-state index in [0.717, 1.165) is 43.8 Å². The van der Waals surface area contributed by atoms with E-state index in [0.29, 0.717) is 6.54 Å². The van der Waals surface area contributed by atoms with Crippen LogP contribution in [0.2, 0.25) is 0 Å². The lowest BCUT2D eigenvalue weighted by atomic mass is 10.0. The highest BCUT2D eigenvalue weighted by Gasteiger charge is 2.24. The summed E-state index contributed by atoms with van der Waals surface area (Å²) in [5.41, 5.74) is 2.38. The summed E-state index contributed by atoms with van der Waals surface area (Å²) >= 11 is 0. The first-order valence-corrected chi connectivity index (χ1v) is 10.7. The van der Waals surface area contributed by atoms with Gasteiger partial charge in [0.05, 0.1) is 39.5 Å². The predicted molar refractivity (Wildman–Crippen MR) is 124 cm³/mol. The van der Waals surface area contributed by atoms with Crippen molar-refractivity contribution < 1.29 is 14.2 Å². The van der Waals surface area contributed by atoms with Gasteiger partial charge in [-0.15, -0.1) is 0 Å². The van der Waals surface area contributed by atoms with E-state index in [9.17, 15) is 0 Å². The molecule has 2 unspecified atom stereocenters. The highest BCUT2D eigenvalue weighted by Crippen LogP contribution is 2.32. The number of benzene rings is 2. The van der Waals surface area contributed by atoms with E-state index in [4.69, 9.17) is 14.2 Å². The Morgan fingerprint density at radius 3 is 2.39 bits per heavy atom. The molecule has 0 aliphatic carbocycles. The van der Waals surface area contributed by atoms with Gasteiger partial charge in [-0.3, -0.25) is 9.89 Å². The van der Waals surface area contributed by atoms with E-state index < -0.39 is 0 Å². The minimum absolute atomic E-state index is 0.147. The highest BCUT2D eigenvalue weighted by molar-refractivity contribution is 5.80. The van der Waals surface area contributed by atoms with Crippen LogP contribution in [0.15, 0.2) is 53.5 Å². The second-order valence-corrected chi connectivity index (χ2v) is 7.51. The molecule has 0 aromatic heterocycles. The largest absolute Gasteiger partial charge is 0.493 e.